The minimum atomic E-state index is -0.947. The highest BCUT2D eigenvalue weighted by atomic mass is 19.2. The van der Waals surface area contributed by atoms with E-state index in [1.165, 1.54) is 6.07 Å². The van der Waals surface area contributed by atoms with Gasteiger partial charge in [-0.25, -0.2) is 8.78 Å². The number of nitrogens with one attached hydrogen (secondary N) is 1. The van der Waals surface area contributed by atoms with E-state index in [-0.39, 0.29) is 18.4 Å². The van der Waals surface area contributed by atoms with Crippen LogP contribution >= 0.6 is 0 Å². The maximum Gasteiger partial charge on any atom is 0.254 e. The van der Waals surface area contributed by atoms with Crippen molar-refractivity contribution in [2.75, 3.05) is 25.0 Å². The van der Waals surface area contributed by atoms with Gasteiger partial charge in [-0.15, -0.1) is 0 Å². The zero-order chi connectivity index (χ0) is 19.4. The SMILES string of the molecule is C=CC(=O)Nc1ccc(C(=O)N2CCOC(c3ccc(F)c(F)c3)C2)cc1. The molecule has 0 spiro atoms. The van der Waals surface area contributed by atoms with Crippen LogP contribution in [0.5, 0.6) is 0 Å². The average molecular weight is 372 g/mol. The van der Waals surface area contributed by atoms with Gasteiger partial charge in [0.2, 0.25) is 5.91 Å². The summed E-state index contributed by atoms with van der Waals surface area (Å²) in [7, 11) is 0. The Hall–Kier alpha value is -3.06. The Morgan fingerprint density at radius 3 is 2.56 bits per heavy atom. The standard InChI is InChI=1S/C20H18F2N2O3/c1-2-19(25)23-15-6-3-13(4-7-15)20(26)24-9-10-27-18(12-24)14-5-8-16(21)17(22)11-14/h2-8,11,18H,1,9-10,12H2,(H,23,25). The van der Waals surface area contributed by atoms with Crippen molar-refractivity contribution in [3.63, 3.8) is 0 Å². The lowest BCUT2D eigenvalue weighted by molar-refractivity contribution is -0.111. The maximum atomic E-state index is 13.5. The largest absolute Gasteiger partial charge is 0.370 e. The topological polar surface area (TPSA) is 58.6 Å². The molecule has 1 unspecified atom stereocenters. The lowest BCUT2D eigenvalue weighted by atomic mass is 10.1. The predicted octanol–water partition coefficient (Wildman–Crippen LogP) is 3.30. The van der Waals surface area contributed by atoms with Gasteiger partial charge in [-0.3, -0.25) is 9.59 Å². The summed E-state index contributed by atoms with van der Waals surface area (Å²) in [5.41, 5.74) is 1.49. The fourth-order valence-electron chi connectivity index (χ4n) is 2.82. The molecule has 2 aromatic rings. The van der Waals surface area contributed by atoms with Gasteiger partial charge in [-0.1, -0.05) is 12.6 Å². The van der Waals surface area contributed by atoms with Crippen molar-refractivity contribution >= 4 is 17.5 Å². The van der Waals surface area contributed by atoms with Gasteiger partial charge in [-0.2, -0.15) is 0 Å². The van der Waals surface area contributed by atoms with Crippen molar-refractivity contribution in [1.82, 2.24) is 4.90 Å². The molecule has 2 amide bonds. The zero-order valence-electron chi connectivity index (χ0n) is 14.5. The molecule has 0 bridgehead atoms. The first-order chi connectivity index (χ1) is 13.0. The quantitative estimate of drug-likeness (QED) is 0.838. The Morgan fingerprint density at radius 1 is 1.15 bits per heavy atom. The molecule has 0 aromatic heterocycles. The number of halogens is 2. The summed E-state index contributed by atoms with van der Waals surface area (Å²) in [6, 6.07) is 10.1. The molecular weight excluding hydrogens is 354 g/mol. The van der Waals surface area contributed by atoms with E-state index in [2.05, 4.69) is 11.9 Å². The Morgan fingerprint density at radius 2 is 1.89 bits per heavy atom. The molecule has 3 rings (SSSR count). The lowest BCUT2D eigenvalue weighted by Crippen LogP contribution is -2.42. The van der Waals surface area contributed by atoms with Gasteiger partial charge in [0.15, 0.2) is 11.6 Å². The monoisotopic (exact) mass is 372 g/mol. The van der Waals surface area contributed by atoms with Crippen LogP contribution in [0.15, 0.2) is 55.1 Å². The van der Waals surface area contributed by atoms with E-state index in [1.807, 2.05) is 0 Å². The van der Waals surface area contributed by atoms with E-state index < -0.39 is 17.7 Å². The van der Waals surface area contributed by atoms with E-state index >= 15 is 0 Å². The summed E-state index contributed by atoms with van der Waals surface area (Å²) in [5.74, 6) is -2.41. The summed E-state index contributed by atoms with van der Waals surface area (Å²) in [6.07, 6.45) is 0.634. The summed E-state index contributed by atoms with van der Waals surface area (Å²) in [6.45, 7) is 4.30. The van der Waals surface area contributed by atoms with Crippen LogP contribution in [0.1, 0.15) is 22.0 Å². The average Bonchev–Trinajstić information content (AvgIpc) is 2.70. The van der Waals surface area contributed by atoms with Crippen molar-refractivity contribution < 1.29 is 23.1 Å². The molecule has 1 heterocycles. The van der Waals surface area contributed by atoms with Crippen LogP contribution in [-0.2, 0) is 9.53 Å². The maximum absolute atomic E-state index is 13.5. The van der Waals surface area contributed by atoms with Crippen molar-refractivity contribution in [3.05, 3.63) is 77.9 Å². The number of carbonyl (C=O) groups excluding carboxylic acids is 2. The second-order valence-corrected chi connectivity index (χ2v) is 6.05. The van der Waals surface area contributed by atoms with E-state index in [4.69, 9.17) is 4.74 Å². The molecule has 2 aromatic carbocycles. The Bertz CT molecular complexity index is 868. The van der Waals surface area contributed by atoms with Gasteiger partial charge in [0.25, 0.3) is 5.91 Å². The molecule has 7 heteroatoms. The first-order valence-corrected chi connectivity index (χ1v) is 8.37. The molecule has 1 fully saturated rings. The highest BCUT2D eigenvalue weighted by Gasteiger charge is 2.26. The molecule has 1 atom stereocenters. The molecule has 1 N–H and O–H groups in total. The number of ether oxygens (including phenoxy) is 1. The molecular formula is C20H18F2N2O3. The van der Waals surface area contributed by atoms with Crippen molar-refractivity contribution in [3.8, 4) is 0 Å². The number of anilines is 1. The highest BCUT2D eigenvalue weighted by Crippen LogP contribution is 2.25. The van der Waals surface area contributed by atoms with Crippen LogP contribution in [-0.4, -0.2) is 36.4 Å². The molecule has 1 aliphatic rings. The number of morpholine rings is 1. The smallest absolute Gasteiger partial charge is 0.254 e. The number of rotatable bonds is 4. The molecule has 0 aliphatic carbocycles. The minimum Gasteiger partial charge on any atom is -0.370 e. The minimum absolute atomic E-state index is 0.201. The van der Waals surface area contributed by atoms with E-state index in [0.29, 0.717) is 30.0 Å². The third-order valence-electron chi connectivity index (χ3n) is 4.25. The second kappa shape index (κ2) is 8.09. The fourth-order valence-corrected chi connectivity index (χ4v) is 2.82. The van der Waals surface area contributed by atoms with Gasteiger partial charge < -0.3 is 15.0 Å². The predicted molar refractivity (Wildman–Crippen MR) is 96.2 cm³/mol. The van der Waals surface area contributed by atoms with Crippen LogP contribution in [0.25, 0.3) is 0 Å². The Balaban J connectivity index is 1.70. The number of carbonyl (C=O) groups is 2. The van der Waals surface area contributed by atoms with E-state index in [1.54, 1.807) is 29.2 Å². The number of amides is 2. The van der Waals surface area contributed by atoms with Crippen LogP contribution in [0, 0.1) is 11.6 Å². The van der Waals surface area contributed by atoms with Crippen LogP contribution < -0.4 is 5.32 Å². The molecule has 1 saturated heterocycles. The first kappa shape index (κ1) is 18.7. The molecule has 1 aliphatic heterocycles. The Labute approximate surface area is 155 Å². The van der Waals surface area contributed by atoms with Gasteiger partial charge in [0.05, 0.1) is 13.2 Å². The molecule has 140 valence electrons. The molecule has 27 heavy (non-hydrogen) atoms. The molecule has 0 saturated carbocycles. The lowest BCUT2D eigenvalue weighted by Gasteiger charge is -2.33. The molecule has 0 radical (unpaired) electrons. The summed E-state index contributed by atoms with van der Waals surface area (Å²) in [4.78, 5) is 25.6. The third-order valence-corrected chi connectivity index (χ3v) is 4.25. The van der Waals surface area contributed by atoms with Crippen LogP contribution in [0.4, 0.5) is 14.5 Å². The van der Waals surface area contributed by atoms with Crippen molar-refractivity contribution in [2.24, 2.45) is 0 Å². The zero-order valence-corrected chi connectivity index (χ0v) is 14.5. The van der Waals surface area contributed by atoms with Gasteiger partial charge in [-0.05, 0) is 48.0 Å². The van der Waals surface area contributed by atoms with E-state index in [0.717, 1.165) is 18.2 Å². The van der Waals surface area contributed by atoms with Gasteiger partial charge >= 0.3 is 0 Å². The highest BCUT2D eigenvalue weighted by molar-refractivity contribution is 5.99. The van der Waals surface area contributed by atoms with Crippen molar-refractivity contribution in [1.29, 1.82) is 0 Å². The van der Waals surface area contributed by atoms with Gasteiger partial charge in [0, 0.05) is 17.8 Å². The van der Waals surface area contributed by atoms with E-state index in [9.17, 15) is 18.4 Å². The summed E-state index contributed by atoms with van der Waals surface area (Å²) in [5, 5.41) is 2.61. The number of hydrogen-bond acceptors (Lipinski definition) is 3. The number of hydrogen-bond donors (Lipinski definition) is 1. The third kappa shape index (κ3) is 4.38. The number of nitrogens with zero attached hydrogens (tertiary/aromatic N) is 1. The number of benzene rings is 2. The van der Waals surface area contributed by atoms with Crippen LogP contribution in [0.2, 0.25) is 0 Å². The van der Waals surface area contributed by atoms with Crippen molar-refractivity contribution in [2.45, 2.75) is 6.10 Å². The normalized spacial score (nSPS) is 16.7. The fraction of sp³-hybridized carbons (Fsp3) is 0.200. The Kier molecular flexibility index (Phi) is 5.61. The molecule has 5 nitrogen and oxygen atoms in total. The van der Waals surface area contributed by atoms with Gasteiger partial charge in [0.1, 0.15) is 6.10 Å². The summed E-state index contributed by atoms with van der Waals surface area (Å²) < 4.78 is 32.2. The first-order valence-electron chi connectivity index (χ1n) is 8.37. The van der Waals surface area contributed by atoms with Crippen LogP contribution in [0.3, 0.4) is 0 Å². The summed E-state index contributed by atoms with van der Waals surface area (Å²) >= 11 is 0. The second-order valence-electron chi connectivity index (χ2n) is 6.05.